The highest BCUT2D eigenvalue weighted by molar-refractivity contribution is 7.21. The topological polar surface area (TPSA) is 71.2 Å². The van der Waals surface area contributed by atoms with Crippen LogP contribution < -0.4 is 11.1 Å². The second-order valence-electron chi connectivity index (χ2n) is 6.21. The number of hydrogen-bond donors (Lipinski definition) is 2. The standard InChI is InChI=1S/C18H17ClN4OS/c1-23-7-6-13-10(9-23)8-11-15(20)16(25-18(11)22-13)17(24)21-14-5-3-2-4-12(14)19/h2-5,8H,6-7,9,20H2,1H3,(H,21,24). The van der Waals surface area contributed by atoms with Crippen molar-refractivity contribution in [2.45, 2.75) is 13.0 Å². The Morgan fingerprint density at radius 3 is 3.00 bits per heavy atom. The number of aromatic nitrogens is 1. The lowest BCUT2D eigenvalue weighted by atomic mass is 10.0. The highest BCUT2D eigenvalue weighted by atomic mass is 35.5. The zero-order chi connectivity index (χ0) is 17.6. The summed E-state index contributed by atoms with van der Waals surface area (Å²) in [5.41, 5.74) is 9.60. The zero-order valence-electron chi connectivity index (χ0n) is 13.7. The second kappa shape index (κ2) is 6.29. The van der Waals surface area contributed by atoms with Gasteiger partial charge in [0.25, 0.3) is 5.91 Å². The number of amides is 1. The van der Waals surface area contributed by atoms with Gasteiger partial charge in [-0.15, -0.1) is 11.3 Å². The molecule has 0 fully saturated rings. The van der Waals surface area contributed by atoms with Gasteiger partial charge in [0.2, 0.25) is 0 Å². The number of benzene rings is 1. The van der Waals surface area contributed by atoms with Gasteiger partial charge in [-0.25, -0.2) is 4.98 Å². The van der Waals surface area contributed by atoms with Crippen molar-refractivity contribution in [1.29, 1.82) is 0 Å². The van der Waals surface area contributed by atoms with Crippen LogP contribution in [0, 0.1) is 0 Å². The molecule has 128 valence electrons. The molecule has 1 aromatic carbocycles. The van der Waals surface area contributed by atoms with Crippen molar-refractivity contribution in [3.8, 4) is 0 Å². The molecule has 2 aromatic heterocycles. The van der Waals surface area contributed by atoms with E-state index in [2.05, 4.69) is 23.3 Å². The van der Waals surface area contributed by atoms with Gasteiger partial charge < -0.3 is 16.0 Å². The molecular weight excluding hydrogens is 356 g/mol. The number of hydrogen-bond acceptors (Lipinski definition) is 5. The summed E-state index contributed by atoms with van der Waals surface area (Å²) in [6.45, 7) is 1.85. The number of likely N-dealkylation sites (N-methyl/N-ethyl adjacent to an activating group) is 1. The summed E-state index contributed by atoms with van der Waals surface area (Å²) in [5, 5.41) is 4.17. The summed E-state index contributed by atoms with van der Waals surface area (Å²) in [6, 6.07) is 9.21. The molecule has 25 heavy (non-hydrogen) atoms. The van der Waals surface area contributed by atoms with Crippen LogP contribution >= 0.6 is 22.9 Å². The van der Waals surface area contributed by atoms with E-state index in [0.29, 0.717) is 21.3 Å². The molecule has 3 heterocycles. The fraction of sp³-hybridized carbons (Fsp3) is 0.222. The summed E-state index contributed by atoms with van der Waals surface area (Å²) < 4.78 is 0. The van der Waals surface area contributed by atoms with E-state index < -0.39 is 0 Å². The van der Waals surface area contributed by atoms with Crippen LogP contribution in [0.4, 0.5) is 11.4 Å². The fourth-order valence-electron chi connectivity index (χ4n) is 3.05. The number of nitrogen functional groups attached to an aromatic ring is 1. The minimum absolute atomic E-state index is 0.260. The largest absolute Gasteiger partial charge is 0.397 e. The van der Waals surface area contributed by atoms with Crippen molar-refractivity contribution in [2.75, 3.05) is 24.6 Å². The van der Waals surface area contributed by atoms with E-state index in [-0.39, 0.29) is 5.91 Å². The molecule has 0 saturated carbocycles. The minimum Gasteiger partial charge on any atom is -0.397 e. The van der Waals surface area contributed by atoms with Gasteiger partial charge in [-0.3, -0.25) is 4.79 Å². The summed E-state index contributed by atoms with van der Waals surface area (Å²) in [6.07, 6.45) is 0.917. The fourth-order valence-corrected chi connectivity index (χ4v) is 4.22. The lowest BCUT2D eigenvalue weighted by molar-refractivity contribution is 0.103. The monoisotopic (exact) mass is 372 g/mol. The van der Waals surface area contributed by atoms with Gasteiger partial charge in [0.05, 0.1) is 16.4 Å². The van der Waals surface area contributed by atoms with Gasteiger partial charge in [-0.05, 0) is 30.8 Å². The predicted octanol–water partition coefficient (Wildman–Crippen LogP) is 3.77. The Morgan fingerprint density at radius 2 is 2.20 bits per heavy atom. The molecule has 0 saturated heterocycles. The summed E-state index contributed by atoms with van der Waals surface area (Å²) in [5.74, 6) is -0.260. The molecule has 1 aliphatic rings. The molecule has 1 aliphatic heterocycles. The van der Waals surface area contributed by atoms with E-state index in [1.54, 1.807) is 12.1 Å². The maximum atomic E-state index is 12.7. The van der Waals surface area contributed by atoms with Crippen LogP contribution in [0.1, 0.15) is 20.9 Å². The van der Waals surface area contributed by atoms with Gasteiger partial charge in [0, 0.05) is 30.6 Å². The van der Waals surface area contributed by atoms with Crippen LogP contribution in [0.15, 0.2) is 30.3 Å². The third-order valence-corrected chi connectivity index (χ3v) is 5.83. The third-order valence-electron chi connectivity index (χ3n) is 4.39. The van der Waals surface area contributed by atoms with Crippen molar-refractivity contribution < 1.29 is 4.79 Å². The van der Waals surface area contributed by atoms with Crippen molar-refractivity contribution >= 4 is 50.4 Å². The number of anilines is 2. The van der Waals surface area contributed by atoms with Crippen LogP contribution in [-0.2, 0) is 13.0 Å². The van der Waals surface area contributed by atoms with Crippen LogP contribution in [0.2, 0.25) is 5.02 Å². The maximum absolute atomic E-state index is 12.7. The number of fused-ring (bicyclic) bond motifs is 2. The number of pyridine rings is 1. The van der Waals surface area contributed by atoms with E-state index in [4.69, 9.17) is 22.3 Å². The van der Waals surface area contributed by atoms with Crippen molar-refractivity contribution in [2.24, 2.45) is 0 Å². The average Bonchev–Trinajstić information content (AvgIpc) is 2.91. The van der Waals surface area contributed by atoms with Crippen molar-refractivity contribution in [3.63, 3.8) is 0 Å². The molecule has 3 N–H and O–H groups in total. The number of nitrogens with zero attached hydrogens (tertiary/aromatic N) is 2. The average molecular weight is 373 g/mol. The lowest BCUT2D eigenvalue weighted by Crippen LogP contribution is -2.27. The number of halogens is 1. The molecule has 0 spiro atoms. The SMILES string of the molecule is CN1CCc2nc3sc(C(=O)Nc4ccccc4Cl)c(N)c3cc2C1. The van der Waals surface area contributed by atoms with Crippen LogP contribution in [-0.4, -0.2) is 29.4 Å². The van der Waals surface area contributed by atoms with Gasteiger partial charge >= 0.3 is 0 Å². The molecule has 5 nitrogen and oxygen atoms in total. The maximum Gasteiger partial charge on any atom is 0.267 e. The highest BCUT2D eigenvalue weighted by Crippen LogP contribution is 2.35. The Hall–Kier alpha value is -2.15. The number of nitrogens with one attached hydrogen (secondary N) is 1. The molecule has 0 unspecified atom stereocenters. The van der Waals surface area contributed by atoms with Gasteiger partial charge in [-0.2, -0.15) is 0 Å². The summed E-state index contributed by atoms with van der Waals surface area (Å²) in [4.78, 5) is 20.9. The Morgan fingerprint density at radius 1 is 1.40 bits per heavy atom. The van der Waals surface area contributed by atoms with E-state index in [1.165, 1.54) is 16.9 Å². The Labute approximate surface area is 154 Å². The van der Waals surface area contributed by atoms with Crippen molar-refractivity contribution in [1.82, 2.24) is 9.88 Å². The van der Waals surface area contributed by atoms with Crippen LogP contribution in [0.5, 0.6) is 0 Å². The first-order chi connectivity index (χ1) is 12.0. The molecule has 0 radical (unpaired) electrons. The van der Waals surface area contributed by atoms with E-state index in [0.717, 1.165) is 35.4 Å². The predicted molar refractivity (Wildman–Crippen MR) is 103 cm³/mol. The number of nitrogens with two attached hydrogens (primary N) is 1. The Balaban J connectivity index is 1.72. The number of thiophene rings is 1. The quantitative estimate of drug-likeness (QED) is 0.718. The molecule has 1 amide bonds. The molecule has 0 aliphatic carbocycles. The van der Waals surface area contributed by atoms with Gasteiger partial charge in [-0.1, -0.05) is 23.7 Å². The number of para-hydroxylation sites is 1. The van der Waals surface area contributed by atoms with Crippen LogP contribution in [0.3, 0.4) is 0 Å². The summed E-state index contributed by atoms with van der Waals surface area (Å²) in [7, 11) is 2.09. The normalized spacial score (nSPS) is 14.5. The second-order valence-corrected chi connectivity index (χ2v) is 7.62. The first-order valence-electron chi connectivity index (χ1n) is 7.98. The highest BCUT2D eigenvalue weighted by Gasteiger charge is 2.22. The number of carbonyl (C=O) groups excluding carboxylic acids is 1. The number of rotatable bonds is 2. The zero-order valence-corrected chi connectivity index (χ0v) is 15.2. The number of carbonyl (C=O) groups is 1. The summed E-state index contributed by atoms with van der Waals surface area (Å²) >= 11 is 7.44. The lowest BCUT2D eigenvalue weighted by Gasteiger charge is -2.24. The van der Waals surface area contributed by atoms with Crippen molar-refractivity contribution in [3.05, 3.63) is 51.5 Å². The molecule has 4 rings (SSSR count). The van der Waals surface area contributed by atoms with Gasteiger partial charge in [0.1, 0.15) is 9.71 Å². The molecule has 3 aromatic rings. The molecule has 0 atom stereocenters. The molecule has 7 heteroatoms. The van der Waals surface area contributed by atoms with Gasteiger partial charge in [0.15, 0.2) is 0 Å². The first-order valence-corrected chi connectivity index (χ1v) is 9.17. The smallest absolute Gasteiger partial charge is 0.267 e. The minimum atomic E-state index is -0.260. The Bertz CT molecular complexity index is 985. The third kappa shape index (κ3) is 2.97. The first kappa shape index (κ1) is 16.3. The Kier molecular flexibility index (Phi) is 4.11. The molecular formula is C18H17ClN4OS. The van der Waals surface area contributed by atoms with E-state index >= 15 is 0 Å². The van der Waals surface area contributed by atoms with Crippen LogP contribution in [0.25, 0.3) is 10.2 Å². The molecule has 0 bridgehead atoms. The van der Waals surface area contributed by atoms with E-state index in [1.807, 2.05) is 12.1 Å². The van der Waals surface area contributed by atoms with E-state index in [9.17, 15) is 4.79 Å².